The zero-order valence-corrected chi connectivity index (χ0v) is 23.6. The first-order valence-corrected chi connectivity index (χ1v) is 14.7. The first-order chi connectivity index (χ1) is 21.8. The van der Waals surface area contributed by atoms with E-state index in [4.69, 9.17) is 18.8 Å². The number of fused-ring (bicyclic) bond motifs is 7. The zero-order valence-electron chi connectivity index (χ0n) is 23.6. The Labute approximate surface area is 252 Å². The molecule has 9 rings (SSSR count). The SMILES string of the molecule is c1ccc(-c2ccc(-c3cc(-c4cccc5oc6c(ccc7c8ccccc8oc76)c45)nc(-c4ccccc4)n3)cc2)cc1. The van der Waals surface area contributed by atoms with E-state index in [1.807, 2.05) is 66.7 Å². The summed E-state index contributed by atoms with van der Waals surface area (Å²) in [5.41, 5.74) is 10.2. The number of hydrogen-bond acceptors (Lipinski definition) is 4. The Kier molecular flexibility index (Phi) is 5.47. The number of nitrogens with zero attached hydrogens (tertiary/aromatic N) is 2. The Morgan fingerprint density at radius 3 is 1.80 bits per heavy atom. The van der Waals surface area contributed by atoms with Crippen molar-refractivity contribution in [2.75, 3.05) is 0 Å². The van der Waals surface area contributed by atoms with Crippen molar-refractivity contribution in [2.24, 2.45) is 0 Å². The maximum atomic E-state index is 6.51. The maximum absolute atomic E-state index is 6.51. The van der Waals surface area contributed by atoms with Gasteiger partial charge in [-0.05, 0) is 41.5 Å². The lowest BCUT2D eigenvalue weighted by atomic mass is 9.99. The third-order valence-corrected chi connectivity index (χ3v) is 8.33. The van der Waals surface area contributed by atoms with E-state index in [1.165, 1.54) is 11.1 Å². The second kappa shape index (κ2) is 9.79. The Balaban J connectivity index is 1.26. The minimum atomic E-state index is 0.676. The van der Waals surface area contributed by atoms with E-state index in [2.05, 4.69) is 78.9 Å². The summed E-state index contributed by atoms with van der Waals surface area (Å²) in [4.78, 5) is 10.2. The molecule has 0 saturated heterocycles. The molecule has 0 aliphatic heterocycles. The van der Waals surface area contributed by atoms with Crippen LogP contribution in [0.15, 0.2) is 154 Å². The van der Waals surface area contributed by atoms with Crippen LogP contribution in [-0.2, 0) is 0 Å². The van der Waals surface area contributed by atoms with E-state index in [1.54, 1.807) is 0 Å². The van der Waals surface area contributed by atoms with Gasteiger partial charge < -0.3 is 8.83 Å². The Hall–Kier alpha value is -6.00. The van der Waals surface area contributed by atoms with Gasteiger partial charge >= 0.3 is 0 Å². The lowest BCUT2D eigenvalue weighted by Gasteiger charge is -2.11. The largest absolute Gasteiger partial charge is 0.452 e. The van der Waals surface area contributed by atoms with Gasteiger partial charge in [-0.15, -0.1) is 0 Å². The van der Waals surface area contributed by atoms with Crippen molar-refractivity contribution >= 4 is 43.9 Å². The standard InChI is InChI=1S/C40H24N2O2/c1-3-10-25(11-4-1)26-18-20-27(21-19-26)33-24-34(42-40(41-33)28-12-5-2-6-13-28)31-15-9-17-36-37(31)32-23-22-30-29-14-7-8-16-35(29)43-38(30)39(32)44-36/h1-24H. The second-order valence-corrected chi connectivity index (χ2v) is 11.0. The highest BCUT2D eigenvalue weighted by atomic mass is 16.4. The number of rotatable bonds is 4. The Morgan fingerprint density at radius 2 is 0.977 bits per heavy atom. The summed E-state index contributed by atoms with van der Waals surface area (Å²) >= 11 is 0. The molecule has 6 aromatic carbocycles. The third-order valence-electron chi connectivity index (χ3n) is 8.33. The Bertz CT molecular complexity index is 2470. The summed E-state index contributed by atoms with van der Waals surface area (Å²) in [6, 6.07) is 49.7. The van der Waals surface area contributed by atoms with Gasteiger partial charge in [0, 0.05) is 38.2 Å². The maximum Gasteiger partial charge on any atom is 0.178 e. The number of benzene rings is 6. The van der Waals surface area contributed by atoms with Gasteiger partial charge in [-0.25, -0.2) is 9.97 Å². The molecule has 3 aromatic heterocycles. The molecule has 0 fully saturated rings. The highest BCUT2D eigenvalue weighted by Crippen LogP contribution is 2.42. The number of para-hydroxylation sites is 1. The molecule has 0 unspecified atom stereocenters. The fourth-order valence-corrected chi connectivity index (χ4v) is 6.19. The quantitative estimate of drug-likeness (QED) is 0.213. The molecule has 0 aliphatic rings. The van der Waals surface area contributed by atoms with Gasteiger partial charge in [-0.3, -0.25) is 0 Å². The minimum Gasteiger partial charge on any atom is -0.452 e. The van der Waals surface area contributed by atoms with Crippen molar-refractivity contribution in [2.45, 2.75) is 0 Å². The molecule has 0 spiro atoms. The molecule has 0 saturated carbocycles. The van der Waals surface area contributed by atoms with Gasteiger partial charge in [0.15, 0.2) is 17.0 Å². The van der Waals surface area contributed by atoms with Crippen molar-refractivity contribution in [3.8, 4) is 45.0 Å². The molecule has 0 amide bonds. The molecule has 0 bridgehead atoms. The van der Waals surface area contributed by atoms with Crippen LogP contribution in [-0.4, -0.2) is 9.97 Å². The van der Waals surface area contributed by atoms with Crippen LogP contribution in [0.3, 0.4) is 0 Å². The molecular weight excluding hydrogens is 540 g/mol. The molecule has 3 heterocycles. The molecular formula is C40H24N2O2. The second-order valence-electron chi connectivity index (χ2n) is 11.0. The third kappa shape index (κ3) is 3.92. The van der Waals surface area contributed by atoms with Crippen LogP contribution in [0.5, 0.6) is 0 Å². The lowest BCUT2D eigenvalue weighted by molar-refractivity contribution is 0.633. The van der Waals surface area contributed by atoms with Gasteiger partial charge in [0.05, 0.1) is 11.4 Å². The lowest BCUT2D eigenvalue weighted by Crippen LogP contribution is -1.96. The van der Waals surface area contributed by atoms with E-state index < -0.39 is 0 Å². The van der Waals surface area contributed by atoms with Crippen LogP contribution >= 0.6 is 0 Å². The van der Waals surface area contributed by atoms with Crippen molar-refractivity contribution < 1.29 is 8.83 Å². The summed E-state index contributed by atoms with van der Waals surface area (Å²) < 4.78 is 12.8. The molecule has 0 radical (unpaired) electrons. The van der Waals surface area contributed by atoms with Gasteiger partial charge in [-0.2, -0.15) is 0 Å². The predicted octanol–water partition coefficient (Wildman–Crippen LogP) is 10.9. The summed E-state index contributed by atoms with van der Waals surface area (Å²) in [5.74, 6) is 0.676. The van der Waals surface area contributed by atoms with E-state index in [0.29, 0.717) is 5.82 Å². The van der Waals surface area contributed by atoms with Crippen molar-refractivity contribution in [1.82, 2.24) is 9.97 Å². The summed E-state index contributed by atoms with van der Waals surface area (Å²) in [5, 5.41) is 4.13. The van der Waals surface area contributed by atoms with Gasteiger partial charge in [0.1, 0.15) is 11.2 Å². The first kappa shape index (κ1) is 24.6. The average Bonchev–Trinajstić information content (AvgIpc) is 3.68. The van der Waals surface area contributed by atoms with E-state index in [-0.39, 0.29) is 0 Å². The fourth-order valence-electron chi connectivity index (χ4n) is 6.19. The summed E-state index contributed by atoms with van der Waals surface area (Å²) in [7, 11) is 0. The van der Waals surface area contributed by atoms with Crippen molar-refractivity contribution in [3.05, 3.63) is 146 Å². The first-order valence-electron chi connectivity index (χ1n) is 14.7. The van der Waals surface area contributed by atoms with Gasteiger partial charge in [-0.1, -0.05) is 115 Å². The molecule has 0 N–H and O–H groups in total. The number of furan rings is 2. The summed E-state index contributed by atoms with van der Waals surface area (Å²) in [6.07, 6.45) is 0. The van der Waals surface area contributed by atoms with Crippen LogP contribution < -0.4 is 0 Å². The van der Waals surface area contributed by atoms with Crippen molar-refractivity contribution in [3.63, 3.8) is 0 Å². The predicted molar refractivity (Wildman–Crippen MR) is 178 cm³/mol. The molecule has 4 nitrogen and oxygen atoms in total. The van der Waals surface area contributed by atoms with E-state index in [9.17, 15) is 0 Å². The summed E-state index contributed by atoms with van der Waals surface area (Å²) in [6.45, 7) is 0. The molecule has 44 heavy (non-hydrogen) atoms. The molecule has 206 valence electrons. The zero-order chi connectivity index (χ0) is 29.0. The highest BCUT2D eigenvalue weighted by Gasteiger charge is 2.20. The molecule has 4 heteroatoms. The number of hydrogen-bond donors (Lipinski definition) is 0. The molecule has 9 aromatic rings. The van der Waals surface area contributed by atoms with Gasteiger partial charge in [0.2, 0.25) is 0 Å². The topological polar surface area (TPSA) is 52.1 Å². The highest BCUT2D eigenvalue weighted by molar-refractivity contribution is 6.21. The molecule has 0 atom stereocenters. The van der Waals surface area contributed by atoms with E-state index >= 15 is 0 Å². The monoisotopic (exact) mass is 564 g/mol. The smallest absolute Gasteiger partial charge is 0.178 e. The van der Waals surface area contributed by atoms with Crippen LogP contribution in [0.1, 0.15) is 0 Å². The van der Waals surface area contributed by atoms with Crippen LogP contribution in [0, 0.1) is 0 Å². The average molecular weight is 565 g/mol. The van der Waals surface area contributed by atoms with Gasteiger partial charge in [0.25, 0.3) is 0 Å². The fraction of sp³-hybridized carbons (Fsp3) is 0. The van der Waals surface area contributed by atoms with Crippen LogP contribution in [0.25, 0.3) is 88.9 Å². The van der Waals surface area contributed by atoms with E-state index in [0.717, 1.165) is 72.0 Å². The van der Waals surface area contributed by atoms with Crippen LogP contribution in [0.4, 0.5) is 0 Å². The normalized spacial score (nSPS) is 11.6. The minimum absolute atomic E-state index is 0.676. The molecule has 0 aliphatic carbocycles. The number of aromatic nitrogens is 2. The van der Waals surface area contributed by atoms with Crippen LogP contribution in [0.2, 0.25) is 0 Å². The van der Waals surface area contributed by atoms with Crippen molar-refractivity contribution in [1.29, 1.82) is 0 Å². The Morgan fingerprint density at radius 1 is 0.386 bits per heavy atom.